The number of guanidine groups is 1. The van der Waals surface area contributed by atoms with E-state index >= 15 is 0 Å². The van der Waals surface area contributed by atoms with E-state index in [1.54, 1.807) is 0 Å². The first-order chi connectivity index (χ1) is 11.0. The summed E-state index contributed by atoms with van der Waals surface area (Å²) >= 11 is 0. The molecule has 8 heteroatoms. The second-order valence-electron chi connectivity index (χ2n) is 5.62. The fraction of sp³-hybridized carbons (Fsp3) is 0.562. The van der Waals surface area contributed by atoms with Crippen LogP contribution < -0.4 is 15.4 Å². The van der Waals surface area contributed by atoms with Gasteiger partial charge in [0, 0.05) is 12.6 Å². The Kier molecular flexibility index (Phi) is 8.82. The molecule has 0 aliphatic carbocycles. The lowest BCUT2D eigenvalue weighted by Crippen LogP contribution is -2.44. The number of para-hydroxylation sites is 1. The normalized spacial score (nSPS) is 19.4. The average molecular weight is 467 g/mol. The molecule has 2 N–H and O–H groups in total. The molecule has 0 amide bonds. The molecule has 0 radical (unpaired) electrons. The van der Waals surface area contributed by atoms with Crippen molar-refractivity contribution in [3.8, 4) is 5.75 Å². The van der Waals surface area contributed by atoms with Crippen molar-refractivity contribution in [1.29, 1.82) is 0 Å². The second kappa shape index (κ2) is 10.1. The van der Waals surface area contributed by atoms with Crippen LogP contribution in [-0.2, 0) is 9.84 Å². The van der Waals surface area contributed by atoms with E-state index in [-0.39, 0.29) is 41.5 Å². The molecule has 1 aliphatic rings. The summed E-state index contributed by atoms with van der Waals surface area (Å²) in [4.78, 5) is 4.44. The number of nitrogens with zero attached hydrogens (tertiary/aromatic N) is 1. The van der Waals surface area contributed by atoms with Crippen LogP contribution in [0.5, 0.6) is 5.75 Å². The van der Waals surface area contributed by atoms with Gasteiger partial charge in [-0.05, 0) is 31.9 Å². The third-order valence-electron chi connectivity index (χ3n) is 3.63. The van der Waals surface area contributed by atoms with Crippen molar-refractivity contribution in [3.63, 3.8) is 0 Å². The van der Waals surface area contributed by atoms with E-state index in [1.165, 1.54) is 0 Å². The summed E-state index contributed by atoms with van der Waals surface area (Å²) in [6.07, 6.45) is 0.631. The smallest absolute Gasteiger partial charge is 0.191 e. The van der Waals surface area contributed by atoms with E-state index in [2.05, 4.69) is 15.6 Å². The lowest BCUT2D eigenvalue weighted by Gasteiger charge is -2.16. The molecule has 0 spiro atoms. The van der Waals surface area contributed by atoms with Crippen LogP contribution in [0.2, 0.25) is 0 Å². The van der Waals surface area contributed by atoms with Crippen LogP contribution in [0.4, 0.5) is 0 Å². The van der Waals surface area contributed by atoms with E-state index in [1.807, 2.05) is 38.1 Å². The SMILES string of the molecule is CCNC(=NCCOc1ccccc1C)NC1CCS(=O)(=O)C1.I. The number of halogens is 1. The predicted molar refractivity (Wildman–Crippen MR) is 108 cm³/mol. The van der Waals surface area contributed by atoms with Crippen LogP contribution in [0.15, 0.2) is 29.3 Å². The summed E-state index contributed by atoms with van der Waals surface area (Å²) in [6.45, 7) is 5.69. The topological polar surface area (TPSA) is 79.8 Å². The zero-order valence-corrected chi connectivity index (χ0v) is 17.3. The molecule has 0 aromatic heterocycles. The van der Waals surface area contributed by atoms with Gasteiger partial charge in [-0.3, -0.25) is 0 Å². The number of benzene rings is 1. The summed E-state index contributed by atoms with van der Waals surface area (Å²) in [5, 5.41) is 6.32. The van der Waals surface area contributed by atoms with Crippen LogP contribution in [0, 0.1) is 6.92 Å². The molecule has 0 saturated carbocycles. The largest absolute Gasteiger partial charge is 0.491 e. The summed E-state index contributed by atoms with van der Waals surface area (Å²) < 4.78 is 28.7. The number of nitrogens with one attached hydrogen (secondary N) is 2. The van der Waals surface area contributed by atoms with E-state index in [4.69, 9.17) is 4.74 Å². The van der Waals surface area contributed by atoms with E-state index in [0.29, 0.717) is 25.5 Å². The zero-order chi connectivity index (χ0) is 16.7. The van der Waals surface area contributed by atoms with Gasteiger partial charge >= 0.3 is 0 Å². The molecule has 136 valence electrons. The molecule has 6 nitrogen and oxygen atoms in total. The molecule has 1 aliphatic heterocycles. The van der Waals surface area contributed by atoms with Crippen molar-refractivity contribution in [2.45, 2.75) is 26.3 Å². The minimum atomic E-state index is -2.89. The Morgan fingerprint density at radius 1 is 1.38 bits per heavy atom. The Morgan fingerprint density at radius 3 is 2.75 bits per heavy atom. The molecule has 2 rings (SSSR count). The van der Waals surface area contributed by atoms with E-state index < -0.39 is 9.84 Å². The van der Waals surface area contributed by atoms with Gasteiger partial charge < -0.3 is 15.4 Å². The van der Waals surface area contributed by atoms with E-state index in [9.17, 15) is 8.42 Å². The van der Waals surface area contributed by atoms with Gasteiger partial charge in [-0.15, -0.1) is 24.0 Å². The summed E-state index contributed by atoms with van der Waals surface area (Å²) in [5.74, 6) is 1.93. The van der Waals surface area contributed by atoms with Crippen molar-refractivity contribution >= 4 is 39.8 Å². The number of rotatable bonds is 6. The first kappa shape index (κ1) is 21.0. The van der Waals surface area contributed by atoms with Crippen LogP contribution in [0.25, 0.3) is 0 Å². The highest BCUT2D eigenvalue weighted by atomic mass is 127. The number of hydrogen-bond acceptors (Lipinski definition) is 4. The second-order valence-corrected chi connectivity index (χ2v) is 7.85. The molecule has 0 bridgehead atoms. The molecule has 1 aromatic rings. The number of sulfone groups is 1. The fourth-order valence-electron chi connectivity index (χ4n) is 2.45. The van der Waals surface area contributed by atoms with Gasteiger partial charge in [0.15, 0.2) is 15.8 Å². The fourth-order valence-corrected chi connectivity index (χ4v) is 4.13. The van der Waals surface area contributed by atoms with Crippen molar-refractivity contribution in [2.24, 2.45) is 4.99 Å². The van der Waals surface area contributed by atoms with Crippen LogP contribution in [0.1, 0.15) is 18.9 Å². The minimum absolute atomic E-state index is 0. The standard InChI is InChI=1S/C16H25N3O3S.HI/c1-3-17-16(19-14-8-11-23(20,21)12-14)18-9-10-22-15-7-5-4-6-13(15)2;/h4-7,14H,3,8-12H2,1-2H3,(H2,17,18,19);1H. The Balaban J connectivity index is 0.00000288. The lowest BCUT2D eigenvalue weighted by atomic mass is 10.2. The number of aliphatic imine (C=N–C) groups is 1. The highest BCUT2D eigenvalue weighted by Gasteiger charge is 2.28. The van der Waals surface area contributed by atoms with Gasteiger partial charge in [0.2, 0.25) is 0 Å². The van der Waals surface area contributed by atoms with Crippen LogP contribution in [0.3, 0.4) is 0 Å². The van der Waals surface area contributed by atoms with Gasteiger partial charge in [-0.25, -0.2) is 13.4 Å². The zero-order valence-electron chi connectivity index (χ0n) is 14.1. The third-order valence-corrected chi connectivity index (χ3v) is 5.40. The summed E-state index contributed by atoms with van der Waals surface area (Å²) in [6, 6.07) is 7.80. The maximum Gasteiger partial charge on any atom is 0.191 e. The molecule has 24 heavy (non-hydrogen) atoms. The molecule has 1 saturated heterocycles. The Labute approximate surface area is 161 Å². The van der Waals surface area contributed by atoms with Crippen LogP contribution in [-0.4, -0.2) is 51.6 Å². The van der Waals surface area contributed by atoms with Crippen molar-refractivity contribution in [1.82, 2.24) is 10.6 Å². The Bertz CT molecular complexity index is 650. The first-order valence-corrected chi connectivity index (χ1v) is 9.76. The highest BCUT2D eigenvalue weighted by Crippen LogP contribution is 2.15. The molecule has 1 atom stereocenters. The third kappa shape index (κ3) is 6.84. The molecular weight excluding hydrogens is 441 g/mol. The first-order valence-electron chi connectivity index (χ1n) is 7.94. The lowest BCUT2D eigenvalue weighted by molar-refractivity contribution is 0.326. The van der Waals surface area contributed by atoms with Gasteiger partial charge in [0.1, 0.15) is 12.4 Å². The molecule has 1 fully saturated rings. The number of ether oxygens (including phenoxy) is 1. The summed E-state index contributed by atoms with van der Waals surface area (Å²) in [5.41, 5.74) is 1.10. The quantitative estimate of drug-likeness (QED) is 0.289. The predicted octanol–water partition coefficient (Wildman–Crippen LogP) is 1.73. The van der Waals surface area contributed by atoms with Crippen LogP contribution >= 0.6 is 24.0 Å². The summed E-state index contributed by atoms with van der Waals surface area (Å²) in [7, 11) is -2.89. The number of hydrogen-bond donors (Lipinski definition) is 2. The number of aryl methyl sites for hydroxylation is 1. The van der Waals surface area contributed by atoms with Crippen molar-refractivity contribution in [2.75, 3.05) is 31.2 Å². The monoisotopic (exact) mass is 467 g/mol. The highest BCUT2D eigenvalue weighted by molar-refractivity contribution is 14.0. The van der Waals surface area contributed by atoms with Gasteiger partial charge in [0.05, 0.1) is 18.1 Å². The molecule has 1 heterocycles. The van der Waals surface area contributed by atoms with Gasteiger partial charge in [0.25, 0.3) is 0 Å². The maximum absolute atomic E-state index is 11.5. The minimum Gasteiger partial charge on any atom is -0.491 e. The molecule has 1 unspecified atom stereocenters. The van der Waals surface area contributed by atoms with E-state index in [0.717, 1.165) is 17.9 Å². The van der Waals surface area contributed by atoms with Gasteiger partial charge in [-0.2, -0.15) is 0 Å². The Hall–Kier alpha value is -1.03. The average Bonchev–Trinajstić information content (AvgIpc) is 2.84. The van der Waals surface area contributed by atoms with Crippen molar-refractivity contribution in [3.05, 3.63) is 29.8 Å². The maximum atomic E-state index is 11.5. The van der Waals surface area contributed by atoms with Crippen molar-refractivity contribution < 1.29 is 13.2 Å². The van der Waals surface area contributed by atoms with Gasteiger partial charge in [-0.1, -0.05) is 18.2 Å². The molecule has 1 aromatic carbocycles. The molecular formula is C16H26IN3O3S. The Morgan fingerprint density at radius 2 is 2.12 bits per heavy atom.